The van der Waals surface area contributed by atoms with E-state index < -0.39 is 10.2 Å². The molecule has 0 bridgehead atoms. The molecule has 8 heteroatoms. The molecule has 0 saturated carbocycles. The molecule has 0 aromatic carbocycles. The van der Waals surface area contributed by atoms with Gasteiger partial charge in [0.25, 0.3) is 10.2 Å². The smallest absolute Gasteiger partial charge is 0.279 e. The molecule has 102 valence electrons. The standard InChI is InChI=1S/C10H17N3O3S2/c1-9-12-10(8-17-9)2-3-11-18(14,15)13-4-6-16-7-5-13/h8,11H,2-7H2,1H3. The number of aryl methyl sites for hydroxylation is 1. The van der Waals surface area contributed by atoms with E-state index in [1.54, 1.807) is 11.3 Å². The average molecular weight is 291 g/mol. The van der Waals surface area contributed by atoms with Crippen LogP contribution in [0.2, 0.25) is 0 Å². The highest BCUT2D eigenvalue weighted by atomic mass is 32.2. The van der Waals surface area contributed by atoms with Gasteiger partial charge >= 0.3 is 0 Å². The van der Waals surface area contributed by atoms with Crippen molar-refractivity contribution in [1.29, 1.82) is 0 Å². The Kier molecular flexibility index (Phi) is 4.68. The average Bonchev–Trinajstić information content (AvgIpc) is 2.76. The van der Waals surface area contributed by atoms with Gasteiger partial charge in [-0.2, -0.15) is 12.7 Å². The molecule has 2 heterocycles. The van der Waals surface area contributed by atoms with Crippen molar-refractivity contribution >= 4 is 21.5 Å². The fourth-order valence-electron chi connectivity index (χ4n) is 1.71. The van der Waals surface area contributed by atoms with Gasteiger partial charge in [-0.05, 0) is 6.92 Å². The predicted octanol–water partition coefficient (Wildman–Crippen LogP) is 0.161. The molecule has 0 spiro atoms. The van der Waals surface area contributed by atoms with Crippen molar-refractivity contribution in [3.8, 4) is 0 Å². The van der Waals surface area contributed by atoms with E-state index in [2.05, 4.69) is 9.71 Å². The van der Waals surface area contributed by atoms with E-state index in [0.29, 0.717) is 39.3 Å². The Morgan fingerprint density at radius 2 is 2.22 bits per heavy atom. The molecule has 1 aliphatic rings. The van der Waals surface area contributed by atoms with Crippen LogP contribution in [-0.4, -0.2) is 50.6 Å². The van der Waals surface area contributed by atoms with Crippen LogP contribution < -0.4 is 4.72 Å². The second-order valence-electron chi connectivity index (χ2n) is 4.02. The summed E-state index contributed by atoms with van der Waals surface area (Å²) in [6.07, 6.45) is 0.619. The summed E-state index contributed by atoms with van der Waals surface area (Å²) in [6.45, 7) is 4.09. The zero-order valence-corrected chi connectivity index (χ0v) is 11.9. The van der Waals surface area contributed by atoms with Crippen LogP contribution in [0.15, 0.2) is 5.38 Å². The molecular weight excluding hydrogens is 274 g/mol. The van der Waals surface area contributed by atoms with E-state index in [0.717, 1.165) is 10.7 Å². The molecule has 6 nitrogen and oxygen atoms in total. The lowest BCUT2D eigenvalue weighted by Crippen LogP contribution is -2.47. The molecule has 1 aromatic rings. The van der Waals surface area contributed by atoms with Gasteiger partial charge < -0.3 is 4.74 Å². The lowest BCUT2D eigenvalue weighted by atomic mass is 10.3. The first-order valence-electron chi connectivity index (χ1n) is 5.81. The zero-order chi connectivity index (χ0) is 13.0. The molecule has 0 radical (unpaired) electrons. The summed E-state index contributed by atoms with van der Waals surface area (Å²) < 4.78 is 33.0. The number of rotatable bonds is 5. The summed E-state index contributed by atoms with van der Waals surface area (Å²) in [5.74, 6) is 0. The topological polar surface area (TPSA) is 71.5 Å². The van der Waals surface area contributed by atoms with Gasteiger partial charge in [-0.1, -0.05) is 0 Å². The zero-order valence-electron chi connectivity index (χ0n) is 10.3. The lowest BCUT2D eigenvalue weighted by Gasteiger charge is -2.25. The SMILES string of the molecule is Cc1nc(CCNS(=O)(=O)N2CCOCC2)cs1. The van der Waals surface area contributed by atoms with Gasteiger partial charge in [0, 0.05) is 31.4 Å². The van der Waals surface area contributed by atoms with Crippen LogP contribution in [0.5, 0.6) is 0 Å². The maximum absolute atomic E-state index is 11.9. The van der Waals surface area contributed by atoms with Crippen molar-refractivity contribution in [2.45, 2.75) is 13.3 Å². The number of hydrogen-bond acceptors (Lipinski definition) is 5. The Morgan fingerprint density at radius 1 is 1.50 bits per heavy atom. The van der Waals surface area contributed by atoms with Gasteiger partial charge in [0.1, 0.15) is 0 Å². The minimum absolute atomic E-state index is 0.378. The monoisotopic (exact) mass is 291 g/mol. The van der Waals surface area contributed by atoms with E-state index in [9.17, 15) is 8.42 Å². The Balaban J connectivity index is 1.81. The van der Waals surface area contributed by atoms with Crippen molar-refractivity contribution in [1.82, 2.24) is 14.0 Å². The molecule has 0 aliphatic carbocycles. The van der Waals surface area contributed by atoms with Gasteiger partial charge in [0.15, 0.2) is 0 Å². The van der Waals surface area contributed by atoms with Crippen molar-refractivity contribution in [2.24, 2.45) is 0 Å². The van der Waals surface area contributed by atoms with E-state index >= 15 is 0 Å². The Bertz CT molecular complexity index is 480. The van der Waals surface area contributed by atoms with Crippen molar-refractivity contribution in [3.05, 3.63) is 16.1 Å². The Hall–Kier alpha value is -0.540. The number of nitrogens with zero attached hydrogens (tertiary/aromatic N) is 2. The van der Waals surface area contributed by atoms with Crippen LogP contribution in [-0.2, 0) is 21.4 Å². The van der Waals surface area contributed by atoms with Gasteiger partial charge in [-0.3, -0.25) is 0 Å². The minimum Gasteiger partial charge on any atom is -0.379 e. The number of hydrogen-bond donors (Lipinski definition) is 1. The molecule has 0 amide bonds. The maximum Gasteiger partial charge on any atom is 0.279 e. The molecule has 1 N–H and O–H groups in total. The summed E-state index contributed by atoms with van der Waals surface area (Å²) in [5.41, 5.74) is 0.933. The fraction of sp³-hybridized carbons (Fsp3) is 0.700. The largest absolute Gasteiger partial charge is 0.379 e. The first-order chi connectivity index (χ1) is 8.58. The van der Waals surface area contributed by atoms with Crippen LogP contribution in [0.25, 0.3) is 0 Å². The van der Waals surface area contributed by atoms with E-state index in [4.69, 9.17) is 4.74 Å². The summed E-state index contributed by atoms with van der Waals surface area (Å²) in [4.78, 5) is 4.29. The third-order valence-electron chi connectivity index (χ3n) is 2.64. The second kappa shape index (κ2) is 6.07. The normalized spacial score (nSPS) is 18.1. The van der Waals surface area contributed by atoms with Crippen molar-refractivity contribution in [2.75, 3.05) is 32.8 Å². The molecular formula is C10H17N3O3S2. The first-order valence-corrected chi connectivity index (χ1v) is 8.13. The summed E-state index contributed by atoms with van der Waals surface area (Å²) in [6, 6.07) is 0. The van der Waals surface area contributed by atoms with Crippen molar-refractivity contribution in [3.63, 3.8) is 0 Å². The fourth-order valence-corrected chi connectivity index (χ4v) is 3.53. The van der Waals surface area contributed by atoms with E-state index in [-0.39, 0.29) is 0 Å². The molecule has 0 atom stereocenters. The van der Waals surface area contributed by atoms with Crippen LogP contribution in [0.4, 0.5) is 0 Å². The first kappa shape index (κ1) is 13.9. The number of thiazole rings is 1. The number of ether oxygens (including phenoxy) is 1. The molecule has 18 heavy (non-hydrogen) atoms. The van der Waals surface area contributed by atoms with Gasteiger partial charge in [-0.25, -0.2) is 9.71 Å². The van der Waals surface area contributed by atoms with Gasteiger partial charge in [0.05, 0.1) is 23.9 Å². The maximum atomic E-state index is 11.9. The van der Waals surface area contributed by atoms with Crippen LogP contribution in [0, 0.1) is 6.92 Å². The third kappa shape index (κ3) is 3.72. The Morgan fingerprint density at radius 3 is 2.83 bits per heavy atom. The summed E-state index contributed by atoms with van der Waals surface area (Å²) in [7, 11) is -3.37. The summed E-state index contributed by atoms with van der Waals surface area (Å²) >= 11 is 1.58. The Labute approximate surface area is 111 Å². The van der Waals surface area contributed by atoms with Crippen LogP contribution in [0.3, 0.4) is 0 Å². The van der Waals surface area contributed by atoms with Crippen molar-refractivity contribution < 1.29 is 13.2 Å². The predicted molar refractivity (Wildman–Crippen MR) is 69.9 cm³/mol. The van der Waals surface area contributed by atoms with Gasteiger partial charge in [-0.15, -0.1) is 11.3 Å². The third-order valence-corrected chi connectivity index (χ3v) is 5.08. The van der Waals surface area contributed by atoms with E-state index in [1.807, 2.05) is 12.3 Å². The quantitative estimate of drug-likeness (QED) is 0.839. The molecule has 1 fully saturated rings. The highest BCUT2D eigenvalue weighted by Crippen LogP contribution is 2.08. The highest BCUT2D eigenvalue weighted by Gasteiger charge is 2.23. The molecule has 1 saturated heterocycles. The van der Waals surface area contributed by atoms with Crippen LogP contribution in [0.1, 0.15) is 10.7 Å². The molecule has 1 aliphatic heterocycles. The van der Waals surface area contributed by atoms with E-state index in [1.165, 1.54) is 4.31 Å². The molecule has 2 rings (SSSR count). The number of aromatic nitrogens is 1. The molecule has 1 aromatic heterocycles. The number of nitrogens with one attached hydrogen (secondary N) is 1. The van der Waals surface area contributed by atoms with Gasteiger partial charge in [0.2, 0.25) is 0 Å². The minimum atomic E-state index is -3.37. The van der Waals surface area contributed by atoms with Crippen LogP contribution >= 0.6 is 11.3 Å². The second-order valence-corrected chi connectivity index (χ2v) is 6.84. The number of morpholine rings is 1. The highest BCUT2D eigenvalue weighted by molar-refractivity contribution is 7.87. The molecule has 0 unspecified atom stereocenters. The summed E-state index contributed by atoms with van der Waals surface area (Å²) in [5, 5.41) is 2.96. The lowest BCUT2D eigenvalue weighted by molar-refractivity contribution is 0.0725.